The van der Waals surface area contributed by atoms with Gasteiger partial charge in [-0.2, -0.15) is 0 Å². The summed E-state index contributed by atoms with van der Waals surface area (Å²) < 4.78 is 27.0. The van der Waals surface area contributed by atoms with Crippen LogP contribution in [-0.2, 0) is 4.79 Å². The first-order valence-corrected chi connectivity index (χ1v) is 9.18. The third-order valence-corrected chi connectivity index (χ3v) is 5.25. The lowest BCUT2D eigenvalue weighted by Gasteiger charge is -2.37. The van der Waals surface area contributed by atoms with Crippen molar-refractivity contribution in [1.29, 1.82) is 0 Å². The van der Waals surface area contributed by atoms with Crippen molar-refractivity contribution in [3.8, 4) is 0 Å². The summed E-state index contributed by atoms with van der Waals surface area (Å²) in [4.78, 5) is 18.4. The molecule has 1 aliphatic heterocycles. The Morgan fingerprint density at radius 3 is 2.30 bits per heavy atom. The van der Waals surface area contributed by atoms with Gasteiger partial charge in [0.1, 0.15) is 11.6 Å². The van der Waals surface area contributed by atoms with Crippen LogP contribution in [0.2, 0.25) is 0 Å². The van der Waals surface area contributed by atoms with Gasteiger partial charge in [-0.3, -0.25) is 9.69 Å². The number of para-hydroxylation sites is 1. The van der Waals surface area contributed by atoms with Gasteiger partial charge in [-0.25, -0.2) is 8.78 Å². The number of amides is 1. The molecule has 6 heteroatoms. The Kier molecular flexibility index (Phi) is 6.06. The average molecular weight is 373 g/mol. The van der Waals surface area contributed by atoms with Crippen molar-refractivity contribution in [3.05, 3.63) is 65.7 Å². The molecule has 1 saturated heterocycles. The van der Waals surface area contributed by atoms with E-state index in [9.17, 15) is 13.6 Å². The fraction of sp³-hybridized carbons (Fsp3) is 0.381. The third kappa shape index (κ3) is 4.63. The Hall–Kier alpha value is -2.47. The summed E-state index contributed by atoms with van der Waals surface area (Å²) in [6.45, 7) is 5.04. The standard InChI is InChI=1S/C21H25F2N3O/c1-16(17-7-9-18(22)10-8-17)24(2)21(27)15-25-11-13-26(14-12-25)20-6-4-3-5-19(20)23/h3-10,16H,11-15H2,1-2H3. The van der Waals surface area contributed by atoms with E-state index in [0.717, 1.165) is 5.56 Å². The molecule has 1 unspecified atom stereocenters. The van der Waals surface area contributed by atoms with Crippen LogP contribution in [0.3, 0.4) is 0 Å². The summed E-state index contributed by atoms with van der Waals surface area (Å²) in [6.07, 6.45) is 0. The Bertz CT molecular complexity index is 773. The molecule has 1 fully saturated rings. The summed E-state index contributed by atoms with van der Waals surface area (Å²) in [7, 11) is 1.77. The highest BCUT2D eigenvalue weighted by Gasteiger charge is 2.24. The van der Waals surface area contributed by atoms with Gasteiger partial charge in [0.25, 0.3) is 0 Å². The monoisotopic (exact) mass is 373 g/mol. The molecule has 1 amide bonds. The number of carbonyl (C=O) groups excluding carboxylic acids is 1. The smallest absolute Gasteiger partial charge is 0.236 e. The first-order chi connectivity index (χ1) is 13.0. The van der Waals surface area contributed by atoms with Crippen LogP contribution >= 0.6 is 0 Å². The predicted molar refractivity (Wildman–Crippen MR) is 103 cm³/mol. The SMILES string of the molecule is CC(c1ccc(F)cc1)N(C)C(=O)CN1CCN(c2ccccc2F)CC1. The van der Waals surface area contributed by atoms with E-state index in [-0.39, 0.29) is 23.6 Å². The molecule has 1 atom stereocenters. The van der Waals surface area contributed by atoms with Crippen molar-refractivity contribution in [2.24, 2.45) is 0 Å². The summed E-state index contributed by atoms with van der Waals surface area (Å²) in [5.41, 5.74) is 1.52. The maximum Gasteiger partial charge on any atom is 0.236 e. The van der Waals surface area contributed by atoms with Crippen molar-refractivity contribution >= 4 is 11.6 Å². The highest BCUT2D eigenvalue weighted by molar-refractivity contribution is 5.78. The van der Waals surface area contributed by atoms with Crippen molar-refractivity contribution in [2.45, 2.75) is 13.0 Å². The largest absolute Gasteiger partial charge is 0.367 e. The van der Waals surface area contributed by atoms with E-state index in [1.807, 2.05) is 17.9 Å². The van der Waals surface area contributed by atoms with Gasteiger partial charge in [-0.1, -0.05) is 24.3 Å². The van der Waals surface area contributed by atoms with Crippen LogP contribution in [0.25, 0.3) is 0 Å². The van der Waals surface area contributed by atoms with Crippen LogP contribution in [-0.4, -0.2) is 55.5 Å². The van der Waals surface area contributed by atoms with Crippen molar-refractivity contribution in [1.82, 2.24) is 9.80 Å². The van der Waals surface area contributed by atoms with Crippen LogP contribution in [0.5, 0.6) is 0 Å². The van der Waals surface area contributed by atoms with Crippen LogP contribution in [0.1, 0.15) is 18.5 Å². The minimum absolute atomic E-state index is 0.0196. The molecule has 0 bridgehead atoms. The van der Waals surface area contributed by atoms with Gasteiger partial charge in [-0.15, -0.1) is 0 Å². The number of piperazine rings is 1. The van der Waals surface area contributed by atoms with E-state index in [0.29, 0.717) is 38.4 Å². The van der Waals surface area contributed by atoms with E-state index in [2.05, 4.69) is 4.90 Å². The molecule has 27 heavy (non-hydrogen) atoms. The van der Waals surface area contributed by atoms with E-state index < -0.39 is 0 Å². The number of nitrogens with zero attached hydrogens (tertiary/aromatic N) is 3. The quantitative estimate of drug-likeness (QED) is 0.805. The van der Waals surface area contributed by atoms with Crippen LogP contribution in [0, 0.1) is 11.6 Å². The maximum absolute atomic E-state index is 13.9. The maximum atomic E-state index is 13.9. The summed E-state index contributed by atoms with van der Waals surface area (Å²) in [5, 5.41) is 0. The second-order valence-electron chi connectivity index (χ2n) is 6.95. The second kappa shape index (κ2) is 8.48. The highest BCUT2D eigenvalue weighted by atomic mass is 19.1. The Morgan fingerprint density at radius 1 is 1.04 bits per heavy atom. The zero-order valence-electron chi connectivity index (χ0n) is 15.7. The molecule has 2 aromatic rings. The number of rotatable bonds is 5. The molecule has 4 nitrogen and oxygen atoms in total. The Morgan fingerprint density at radius 2 is 1.67 bits per heavy atom. The van der Waals surface area contributed by atoms with E-state index in [4.69, 9.17) is 0 Å². The van der Waals surface area contributed by atoms with Gasteiger partial charge in [0.2, 0.25) is 5.91 Å². The molecule has 3 rings (SSSR count). The molecule has 1 aliphatic rings. The van der Waals surface area contributed by atoms with E-state index >= 15 is 0 Å². The Balaban J connectivity index is 1.53. The molecule has 0 radical (unpaired) electrons. The molecule has 0 saturated carbocycles. The van der Waals surface area contributed by atoms with Crippen molar-refractivity contribution < 1.29 is 13.6 Å². The zero-order chi connectivity index (χ0) is 19.4. The van der Waals surface area contributed by atoms with Crippen LogP contribution < -0.4 is 4.90 Å². The summed E-state index contributed by atoms with van der Waals surface area (Å²) >= 11 is 0. The topological polar surface area (TPSA) is 26.8 Å². The van der Waals surface area contributed by atoms with Crippen molar-refractivity contribution in [3.63, 3.8) is 0 Å². The number of benzene rings is 2. The number of likely N-dealkylation sites (N-methyl/N-ethyl adjacent to an activating group) is 1. The van der Waals surface area contributed by atoms with Crippen LogP contribution in [0.15, 0.2) is 48.5 Å². The fourth-order valence-corrected chi connectivity index (χ4v) is 3.34. The fourth-order valence-electron chi connectivity index (χ4n) is 3.34. The first-order valence-electron chi connectivity index (χ1n) is 9.18. The summed E-state index contributed by atoms with van der Waals surface area (Å²) in [5.74, 6) is -0.478. The second-order valence-corrected chi connectivity index (χ2v) is 6.95. The number of hydrogen-bond acceptors (Lipinski definition) is 3. The molecule has 144 valence electrons. The third-order valence-electron chi connectivity index (χ3n) is 5.25. The lowest BCUT2D eigenvalue weighted by Crippen LogP contribution is -2.50. The van der Waals surface area contributed by atoms with E-state index in [1.165, 1.54) is 18.2 Å². The molecule has 0 aliphatic carbocycles. The molecule has 1 heterocycles. The number of halogens is 2. The molecular weight excluding hydrogens is 348 g/mol. The highest BCUT2D eigenvalue weighted by Crippen LogP contribution is 2.21. The molecule has 0 aromatic heterocycles. The first kappa shape index (κ1) is 19.3. The average Bonchev–Trinajstić information content (AvgIpc) is 2.68. The Labute approximate surface area is 159 Å². The van der Waals surface area contributed by atoms with Gasteiger partial charge in [0.05, 0.1) is 18.3 Å². The molecule has 2 aromatic carbocycles. The van der Waals surface area contributed by atoms with Crippen LogP contribution in [0.4, 0.5) is 14.5 Å². The lowest BCUT2D eigenvalue weighted by molar-refractivity contribution is -0.133. The van der Waals surface area contributed by atoms with Crippen molar-refractivity contribution in [2.75, 3.05) is 44.7 Å². The zero-order valence-corrected chi connectivity index (χ0v) is 15.7. The van der Waals surface area contributed by atoms with Gasteiger partial charge in [0.15, 0.2) is 0 Å². The minimum atomic E-state index is -0.285. The predicted octanol–water partition coefficient (Wildman–Crippen LogP) is 3.31. The normalized spacial score (nSPS) is 16.2. The lowest BCUT2D eigenvalue weighted by atomic mass is 10.1. The number of hydrogen-bond donors (Lipinski definition) is 0. The van der Waals surface area contributed by atoms with Gasteiger partial charge in [-0.05, 0) is 36.8 Å². The van der Waals surface area contributed by atoms with Gasteiger partial charge >= 0.3 is 0 Å². The number of carbonyl (C=O) groups is 1. The van der Waals surface area contributed by atoms with E-state index in [1.54, 1.807) is 36.2 Å². The minimum Gasteiger partial charge on any atom is -0.367 e. The van der Waals surface area contributed by atoms with Gasteiger partial charge < -0.3 is 9.80 Å². The molecular formula is C21H25F2N3O. The van der Waals surface area contributed by atoms with Gasteiger partial charge in [0, 0.05) is 33.2 Å². The summed E-state index contributed by atoms with van der Waals surface area (Å²) in [6, 6.07) is 12.9. The number of anilines is 1. The molecule has 0 spiro atoms. The molecule has 0 N–H and O–H groups in total.